The van der Waals surface area contributed by atoms with Crippen molar-refractivity contribution in [1.82, 2.24) is 5.32 Å². The molecular weight excluding hydrogens is 226 g/mol. The van der Waals surface area contributed by atoms with E-state index in [1.54, 1.807) is 0 Å². The van der Waals surface area contributed by atoms with Crippen LogP contribution in [0.15, 0.2) is 0 Å². The summed E-state index contributed by atoms with van der Waals surface area (Å²) in [5, 5.41) is 3.40. The maximum absolute atomic E-state index is 6.03. The monoisotopic (exact) mass is 257 g/mol. The van der Waals surface area contributed by atoms with Crippen molar-refractivity contribution in [1.29, 1.82) is 0 Å². The number of hydrogen-bond donors (Lipinski definition) is 1. The van der Waals surface area contributed by atoms with Gasteiger partial charge in [0.05, 0.1) is 19.3 Å². The Hall–Kier alpha value is -0.120. The first-order chi connectivity index (χ1) is 8.69. The Morgan fingerprint density at radius 3 is 2.56 bits per heavy atom. The van der Waals surface area contributed by atoms with Crippen LogP contribution in [-0.4, -0.2) is 39.0 Å². The zero-order valence-electron chi connectivity index (χ0n) is 12.6. The van der Waals surface area contributed by atoms with Crippen molar-refractivity contribution >= 4 is 0 Å². The normalized spacial score (nSPS) is 28.8. The first kappa shape index (κ1) is 15.9. The highest BCUT2D eigenvalue weighted by molar-refractivity contribution is 4.86. The molecule has 0 aromatic carbocycles. The zero-order chi connectivity index (χ0) is 13.4. The first-order valence-corrected chi connectivity index (χ1v) is 7.55. The van der Waals surface area contributed by atoms with Crippen LogP contribution in [0.1, 0.15) is 46.5 Å². The minimum Gasteiger partial charge on any atom is -0.379 e. The standard InChI is InChI=1S/C15H31NO2/c1-5-8-17-9-10-18-15-11-13(12(2)3)6-7-14(15)16-4/h12-16H,5-11H2,1-4H3. The Kier molecular flexibility index (Phi) is 7.87. The van der Waals surface area contributed by atoms with Crippen LogP contribution in [0.3, 0.4) is 0 Å². The zero-order valence-corrected chi connectivity index (χ0v) is 12.6. The molecule has 0 aromatic heterocycles. The molecule has 1 rings (SSSR count). The van der Waals surface area contributed by atoms with Crippen LogP contribution in [0.2, 0.25) is 0 Å². The van der Waals surface area contributed by atoms with E-state index in [1.165, 1.54) is 19.3 Å². The van der Waals surface area contributed by atoms with Gasteiger partial charge >= 0.3 is 0 Å². The van der Waals surface area contributed by atoms with E-state index < -0.39 is 0 Å². The van der Waals surface area contributed by atoms with Gasteiger partial charge in [-0.25, -0.2) is 0 Å². The molecule has 3 nitrogen and oxygen atoms in total. The van der Waals surface area contributed by atoms with Gasteiger partial charge in [0.15, 0.2) is 0 Å². The van der Waals surface area contributed by atoms with Gasteiger partial charge in [0.1, 0.15) is 0 Å². The maximum Gasteiger partial charge on any atom is 0.0731 e. The average molecular weight is 257 g/mol. The third kappa shape index (κ3) is 5.25. The molecule has 0 bridgehead atoms. The Balaban J connectivity index is 2.29. The van der Waals surface area contributed by atoms with E-state index in [0.717, 1.165) is 38.1 Å². The molecule has 1 fully saturated rings. The molecule has 0 heterocycles. The van der Waals surface area contributed by atoms with Gasteiger partial charge in [-0.15, -0.1) is 0 Å². The molecule has 0 aromatic rings. The lowest BCUT2D eigenvalue weighted by Crippen LogP contribution is -2.45. The van der Waals surface area contributed by atoms with E-state index in [2.05, 4.69) is 26.1 Å². The first-order valence-electron chi connectivity index (χ1n) is 7.55. The summed E-state index contributed by atoms with van der Waals surface area (Å²) >= 11 is 0. The summed E-state index contributed by atoms with van der Waals surface area (Å²) in [5.74, 6) is 1.58. The van der Waals surface area contributed by atoms with E-state index in [4.69, 9.17) is 9.47 Å². The van der Waals surface area contributed by atoms with Gasteiger partial charge in [-0.1, -0.05) is 20.8 Å². The Bertz CT molecular complexity index is 209. The minimum absolute atomic E-state index is 0.362. The van der Waals surface area contributed by atoms with Crippen molar-refractivity contribution in [2.45, 2.75) is 58.6 Å². The molecule has 1 aliphatic rings. The fraction of sp³-hybridized carbons (Fsp3) is 1.00. The van der Waals surface area contributed by atoms with E-state index >= 15 is 0 Å². The smallest absolute Gasteiger partial charge is 0.0731 e. The number of ether oxygens (including phenoxy) is 2. The van der Waals surface area contributed by atoms with E-state index in [0.29, 0.717) is 12.1 Å². The van der Waals surface area contributed by atoms with Gasteiger partial charge in [-0.2, -0.15) is 0 Å². The van der Waals surface area contributed by atoms with Crippen molar-refractivity contribution in [2.24, 2.45) is 11.8 Å². The molecule has 0 spiro atoms. The van der Waals surface area contributed by atoms with Gasteiger partial charge < -0.3 is 14.8 Å². The summed E-state index contributed by atoms with van der Waals surface area (Å²) in [7, 11) is 2.05. The lowest BCUT2D eigenvalue weighted by atomic mass is 9.78. The second kappa shape index (κ2) is 8.89. The molecule has 3 unspecified atom stereocenters. The van der Waals surface area contributed by atoms with E-state index in [1.807, 2.05) is 7.05 Å². The third-order valence-electron chi connectivity index (χ3n) is 4.05. The highest BCUT2D eigenvalue weighted by atomic mass is 16.5. The Morgan fingerprint density at radius 1 is 1.17 bits per heavy atom. The predicted molar refractivity (Wildman–Crippen MR) is 75.9 cm³/mol. The number of likely N-dealkylation sites (N-methyl/N-ethyl adjacent to an activating group) is 1. The van der Waals surface area contributed by atoms with Gasteiger partial charge in [0.2, 0.25) is 0 Å². The van der Waals surface area contributed by atoms with Crippen molar-refractivity contribution in [2.75, 3.05) is 26.9 Å². The Morgan fingerprint density at radius 2 is 1.94 bits per heavy atom. The summed E-state index contributed by atoms with van der Waals surface area (Å²) in [5.41, 5.74) is 0. The van der Waals surface area contributed by atoms with E-state index in [-0.39, 0.29) is 0 Å². The Labute approximate surface area is 113 Å². The maximum atomic E-state index is 6.03. The largest absolute Gasteiger partial charge is 0.379 e. The van der Waals surface area contributed by atoms with Gasteiger partial charge in [-0.3, -0.25) is 0 Å². The van der Waals surface area contributed by atoms with Crippen molar-refractivity contribution in [3.63, 3.8) is 0 Å². The predicted octanol–water partition coefficient (Wildman–Crippen LogP) is 2.84. The molecule has 0 amide bonds. The average Bonchev–Trinajstić information content (AvgIpc) is 2.38. The number of nitrogens with one attached hydrogen (secondary N) is 1. The van der Waals surface area contributed by atoms with Gasteiger partial charge in [-0.05, 0) is 44.6 Å². The second-order valence-corrected chi connectivity index (χ2v) is 5.73. The lowest BCUT2D eigenvalue weighted by molar-refractivity contribution is -0.0392. The third-order valence-corrected chi connectivity index (χ3v) is 4.05. The molecule has 3 atom stereocenters. The molecule has 1 N–H and O–H groups in total. The summed E-state index contributed by atoms with van der Waals surface area (Å²) in [6.45, 7) is 9.09. The summed E-state index contributed by atoms with van der Waals surface area (Å²) < 4.78 is 11.5. The highest BCUT2D eigenvalue weighted by Crippen LogP contribution is 2.31. The summed E-state index contributed by atoms with van der Waals surface area (Å²) in [4.78, 5) is 0. The lowest BCUT2D eigenvalue weighted by Gasteiger charge is -2.37. The van der Waals surface area contributed by atoms with Crippen molar-refractivity contribution in [3.05, 3.63) is 0 Å². The SMILES string of the molecule is CCCOCCOC1CC(C(C)C)CCC1NC. The number of hydrogen-bond acceptors (Lipinski definition) is 3. The molecule has 0 saturated heterocycles. The topological polar surface area (TPSA) is 30.5 Å². The molecule has 1 aliphatic carbocycles. The van der Waals surface area contributed by atoms with Gasteiger partial charge in [0.25, 0.3) is 0 Å². The molecule has 18 heavy (non-hydrogen) atoms. The van der Waals surface area contributed by atoms with Gasteiger partial charge in [0, 0.05) is 12.6 Å². The fourth-order valence-corrected chi connectivity index (χ4v) is 2.78. The van der Waals surface area contributed by atoms with Crippen molar-refractivity contribution < 1.29 is 9.47 Å². The molecule has 0 radical (unpaired) electrons. The highest BCUT2D eigenvalue weighted by Gasteiger charge is 2.31. The molecule has 3 heteroatoms. The van der Waals surface area contributed by atoms with Crippen LogP contribution >= 0.6 is 0 Å². The van der Waals surface area contributed by atoms with Crippen LogP contribution in [-0.2, 0) is 9.47 Å². The molecule has 1 saturated carbocycles. The van der Waals surface area contributed by atoms with Crippen LogP contribution in [0.25, 0.3) is 0 Å². The quantitative estimate of drug-likeness (QED) is 0.678. The fourth-order valence-electron chi connectivity index (χ4n) is 2.78. The minimum atomic E-state index is 0.362. The summed E-state index contributed by atoms with van der Waals surface area (Å²) in [6, 6.07) is 0.520. The van der Waals surface area contributed by atoms with Crippen LogP contribution in [0, 0.1) is 11.8 Å². The molecule has 108 valence electrons. The molecule has 0 aliphatic heterocycles. The van der Waals surface area contributed by atoms with Crippen LogP contribution in [0.5, 0.6) is 0 Å². The number of rotatable bonds is 8. The van der Waals surface area contributed by atoms with Crippen LogP contribution in [0.4, 0.5) is 0 Å². The second-order valence-electron chi connectivity index (χ2n) is 5.73. The van der Waals surface area contributed by atoms with E-state index in [9.17, 15) is 0 Å². The summed E-state index contributed by atoms with van der Waals surface area (Å²) in [6.07, 6.45) is 5.20. The van der Waals surface area contributed by atoms with Crippen molar-refractivity contribution in [3.8, 4) is 0 Å². The van der Waals surface area contributed by atoms with Crippen LogP contribution < -0.4 is 5.32 Å². The molecular formula is C15H31NO2.